The molecule has 0 aliphatic heterocycles. The van der Waals surface area contributed by atoms with Crippen LogP contribution in [-0.4, -0.2) is 47.7 Å². The predicted molar refractivity (Wildman–Crippen MR) is 110 cm³/mol. The van der Waals surface area contributed by atoms with E-state index >= 15 is 0 Å². The van der Waals surface area contributed by atoms with E-state index in [0.717, 1.165) is 0 Å². The summed E-state index contributed by atoms with van der Waals surface area (Å²) in [6.45, 7) is 10.9. The second-order valence-electron chi connectivity index (χ2n) is 5.04. The van der Waals surface area contributed by atoms with Gasteiger partial charge in [0.05, 0.1) is 0 Å². The van der Waals surface area contributed by atoms with Gasteiger partial charge < -0.3 is 10.0 Å². The van der Waals surface area contributed by atoms with Crippen molar-refractivity contribution < 1.29 is 9.59 Å². The number of thiazole rings is 1. The number of allylic oxidation sites excluding steroid dienone is 2. The first kappa shape index (κ1) is 21.9. The zero-order valence-electron chi connectivity index (χ0n) is 15.1. The second kappa shape index (κ2) is 12.3. The van der Waals surface area contributed by atoms with Crippen LogP contribution in [0.2, 0.25) is 0 Å². The van der Waals surface area contributed by atoms with Gasteiger partial charge in [-0.2, -0.15) is 0 Å². The predicted octanol–water partition coefficient (Wildman–Crippen LogP) is 2.60. The van der Waals surface area contributed by atoms with Gasteiger partial charge in [-0.05, 0) is 6.42 Å². The number of carbonyl (C=O) groups excluding carboxylic acids is 2. The normalized spacial score (nSPS) is 11.1. The number of hydrazine groups is 1. The van der Waals surface area contributed by atoms with E-state index < -0.39 is 0 Å². The van der Waals surface area contributed by atoms with Crippen molar-refractivity contribution in [1.29, 1.82) is 0 Å². The van der Waals surface area contributed by atoms with Crippen molar-refractivity contribution in [3.8, 4) is 0 Å². The van der Waals surface area contributed by atoms with Crippen LogP contribution in [-0.2, 0) is 4.79 Å². The summed E-state index contributed by atoms with van der Waals surface area (Å²) in [5.74, 6) is -0.438. The first-order valence-corrected chi connectivity index (χ1v) is 10.2. The van der Waals surface area contributed by atoms with Gasteiger partial charge in [0.1, 0.15) is 5.69 Å². The molecule has 7 nitrogen and oxygen atoms in total. The molecule has 1 rings (SSSR count). The van der Waals surface area contributed by atoms with Gasteiger partial charge in [-0.3, -0.25) is 15.0 Å². The van der Waals surface area contributed by atoms with Crippen molar-refractivity contribution >= 4 is 40.2 Å². The lowest BCUT2D eigenvalue weighted by Crippen LogP contribution is -2.43. The summed E-state index contributed by atoms with van der Waals surface area (Å²) in [4.78, 5) is 28.3. The molecule has 2 amide bonds. The molecule has 1 aromatic rings. The molecule has 0 aromatic carbocycles. The maximum atomic E-state index is 12.1. The van der Waals surface area contributed by atoms with Gasteiger partial charge in [0.25, 0.3) is 11.8 Å². The standard InChI is InChI=1S/C17H25N5O2S2/c1-5-9-13(6-2)15(23)20-22(7-3)11-8-10-18-16(24)14-12-26-17(19-14)21-25-4/h5-6,9,12H,1-2,7-8,10-11H2,3-4H3,(H,18,24)(H,19,21)(H,20,23)/b13-9+. The van der Waals surface area contributed by atoms with Crippen LogP contribution in [0.1, 0.15) is 23.8 Å². The molecule has 3 N–H and O–H groups in total. The van der Waals surface area contributed by atoms with Crippen molar-refractivity contribution in [2.24, 2.45) is 0 Å². The molecule has 0 aliphatic rings. The Labute approximate surface area is 162 Å². The average molecular weight is 396 g/mol. The van der Waals surface area contributed by atoms with Crippen LogP contribution >= 0.6 is 23.3 Å². The van der Waals surface area contributed by atoms with Gasteiger partial charge in [-0.25, -0.2) is 9.99 Å². The fraction of sp³-hybridized carbons (Fsp3) is 0.353. The first-order chi connectivity index (χ1) is 12.5. The topological polar surface area (TPSA) is 86.4 Å². The molecule has 1 aromatic heterocycles. The van der Waals surface area contributed by atoms with Crippen molar-refractivity contribution in [3.05, 3.63) is 48.0 Å². The molecule has 0 fully saturated rings. The molecule has 0 radical (unpaired) electrons. The van der Waals surface area contributed by atoms with Crippen LogP contribution in [0.3, 0.4) is 0 Å². The zero-order valence-corrected chi connectivity index (χ0v) is 16.7. The number of hydrogen-bond acceptors (Lipinski definition) is 7. The summed E-state index contributed by atoms with van der Waals surface area (Å²) < 4.78 is 2.99. The molecule has 0 aliphatic carbocycles. The highest BCUT2D eigenvalue weighted by Crippen LogP contribution is 2.17. The molecule has 142 valence electrons. The lowest BCUT2D eigenvalue weighted by atomic mass is 10.2. The number of hydrogen-bond donors (Lipinski definition) is 3. The molecule has 9 heteroatoms. The highest BCUT2D eigenvalue weighted by molar-refractivity contribution is 8.00. The highest BCUT2D eigenvalue weighted by Gasteiger charge is 2.12. The van der Waals surface area contributed by atoms with Crippen molar-refractivity contribution in [1.82, 2.24) is 20.7 Å². The largest absolute Gasteiger partial charge is 0.351 e. The van der Waals surface area contributed by atoms with Crippen molar-refractivity contribution in [2.75, 3.05) is 30.6 Å². The van der Waals surface area contributed by atoms with E-state index in [1.54, 1.807) is 22.5 Å². The minimum Gasteiger partial charge on any atom is -0.351 e. The van der Waals surface area contributed by atoms with Gasteiger partial charge in [0.15, 0.2) is 5.13 Å². The van der Waals surface area contributed by atoms with Crippen LogP contribution in [0, 0.1) is 0 Å². The SMILES string of the molecule is C=C/C=C(\C=C)C(=O)NN(CC)CCCNC(=O)c1csc(NSC)n1. The molecule has 0 saturated heterocycles. The van der Waals surface area contributed by atoms with Gasteiger partial charge in [0, 0.05) is 36.8 Å². The summed E-state index contributed by atoms with van der Waals surface area (Å²) in [6.07, 6.45) is 7.21. The Bertz CT molecular complexity index is 657. The third kappa shape index (κ3) is 7.42. The first-order valence-electron chi connectivity index (χ1n) is 8.09. The smallest absolute Gasteiger partial charge is 0.270 e. The lowest BCUT2D eigenvalue weighted by molar-refractivity contribution is -0.121. The molecule has 26 heavy (non-hydrogen) atoms. The summed E-state index contributed by atoms with van der Waals surface area (Å²) in [7, 11) is 0. The molecule has 0 saturated carbocycles. The van der Waals surface area contributed by atoms with Crippen molar-refractivity contribution in [2.45, 2.75) is 13.3 Å². The molecule has 0 spiro atoms. The Morgan fingerprint density at radius 2 is 2.19 bits per heavy atom. The summed E-state index contributed by atoms with van der Waals surface area (Å²) >= 11 is 2.81. The van der Waals surface area contributed by atoms with Crippen LogP contribution in [0.4, 0.5) is 5.13 Å². The third-order valence-corrected chi connectivity index (χ3v) is 4.52. The van der Waals surface area contributed by atoms with E-state index in [0.29, 0.717) is 42.5 Å². The summed E-state index contributed by atoms with van der Waals surface area (Å²) in [5.41, 5.74) is 3.66. The van der Waals surface area contributed by atoms with Gasteiger partial charge >= 0.3 is 0 Å². The minimum atomic E-state index is -0.234. The Hall–Kier alpha value is -2.10. The highest BCUT2D eigenvalue weighted by atomic mass is 32.2. The van der Waals surface area contributed by atoms with Crippen LogP contribution in [0.5, 0.6) is 0 Å². The third-order valence-electron chi connectivity index (χ3n) is 3.24. The molecule has 1 heterocycles. The van der Waals surface area contributed by atoms with Crippen molar-refractivity contribution in [3.63, 3.8) is 0 Å². The van der Waals surface area contributed by atoms with E-state index in [9.17, 15) is 9.59 Å². The number of anilines is 1. The lowest BCUT2D eigenvalue weighted by Gasteiger charge is -2.21. The number of nitrogens with one attached hydrogen (secondary N) is 3. The quantitative estimate of drug-likeness (QED) is 0.166. The maximum absolute atomic E-state index is 12.1. The van der Waals surface area contributed by atoms with Crippen LogP contribution in [0.25, 0.3) is 0 Å². The molecular weight excluding hydrogens is 370 g/mol. The average Bonchev–Trinajstić information content (AvgIpc) is 3.10. The number of aromatic nitrogens is 1. The fourth-order valence-electron chi connectivity index (χ4n) is 1.94. The van der Waals surface area contributed by atoms with Crippen LogP contribution < -0.4 is 15.5 Å². The van der Waals surface area contributed by atoms with Gasteiger partial charge in [-0.1, -0.05) is 50.3 Å². The van der Waals surface area contributed by atoms with E-state index in [1.807, 2.05) is 13.2 Å². The van der Waals surface area contributed by atoms with E-state index in [2.05, 4.69) is 33.6 Å². The summed E-state index contributed by atoms with van der Waals surface area (Å²) in [5, 5.41) is 7.04. The van der Waals surface area contributed by atoms with Crippen LogP contribution in [0.15, 0.2) is 42.3 Å². The Morgan fingerprint density at radius 3 is 2.81 bits per heavy atom. The number of carbonyl (C=O) groups is 2. The monoisotopic (exact) mass is 395 g/mol. The molecule has 0 unspecified atom stereocenters. The van der Waals surface area contributed by atoms with E-state index in [-0.39, 0.29) is 11.8 Å². The van der Waals surface area contributed by atoms with E-state index in [1.165, 1.54) is 29.4 Å². The molecular formula is C17H25N5O2S2. The number of amides is 2. The Kier molecular flexibility index (Phi) is 10.4. The molecule has 0 atom stereocenters. The fourth-order valence-corrected chi connectivity index (χ4v) is 3.14. The minimum absolute atomic E-state index is 0.203. The Morgan fingerprint density at radius 1 is 1.42 bits per heavy atom. The molecule has 0 bridgehead atoms. The second-order valence-corrected chi connectivity index (χ2v) is 6.51. The Balaban J connectivity index is 2.38. The number of rotatable bonds is 12. The maximum Gasteiger partial charge on any atom is 0.270 e. The summed E-state index contributed by atoms with van der Waals surface area (Å²) in [6, 6.07) is 0. The number of nitrogens with zero attached hydrogens (tertiary/aromatic N) is 2. The van der Waals surface area contributed by atoms with Gasteiger partial charge in [0.2, 0.25) is 0 Å². The zero-order chi connectivity index (χ0) is 19.4. The van der Waals surface area contributed by atoms with E-state index in [4.69, 9.17) is 0 Å². The van der Waals surface area contributed by atoms with Gasteiger partial charge in [-0.15, -0.1) is 11.3 Å².